The minimum Gasteiger partial charge on any atom is -0.475 e. The Labute approximate surface area is 230 Å². The molecule has 2 aromatic carbocycles. The third-order valence-electron chi connectivity index (χ3n) is 5.78. The second kappa shape index (κ2) is 11.6. The predicted molar refractivity (Wildman–Crippen MR) is 132 cm³/mol. The number of nitrogens with two attached hydrogens (primary N) is 1. The van der Waals surface area contributed by atoms with Gasteiger partial charge in [-0.1, -0.05) is 5.16 Å². The van der Waals surface area contributed by atoms with Crippen LogP contribution < -0.4 is 16.0 Å². The van der Waals surface area contributed by atoms with Crippen LogP contribution in [-0.2, 0) is 15.7 Å². The predicted octanol–water partition coefficient (Wildman–Crippen LogP) is 4.48. The van der Waals surface area contributed by atoms with Crippen LogP contribution in [0.3, 0.4) is 0 Å². The van der Waals surface area contributed by atoms with Crippen molar-refractivity contribution >= 4 is 40.0 Å². The van der Waals surface area contributed by atoms with Crippen molar-refractivity contribution in [2.24, 2.45) is 0 Å². The van der Waals surface area contributed by atoms with Gasteiger partial charge < -0.3 is 30.3 Å². The molecule has 224 valence electrons. The van der Waals surface area contributed by atoms with E-state index in [1.165, 1.54) is 30.3 Å². The zero-order chi connectivity index (χ0) is 30.8. The zero-order valence-electron chi connectivity index (χ0n) is 21.0. The number of benzene rings is 2. The molecular formula is C24H19F7N6O5. The molecular weight excluding hydrogens is 585 g/mol. The molecule has 1 saturated heterocycles. The maximum atomic E-state index is 14.8. The van der Waals surface area contributed by atoms with E-state index in [1.807, 2.05) is 4.90 Å². The van der Waals surface area contributed by atoms with Gasteiger partial charge in [-0.15, -0.1) is 0 Å². The molecule has 2 aromatic heterocycles. The van der Waals surface area contributed by atoms with Gasteiger partial charge in [0.15, 0.2) is 17.1 Å². The highest BCUT2D eigenvalue weighted by molar-refractivity contribution is 6.04. The minimum absolute atomic E-state index is 0.0264. The number of ether oxygens (including phenoxy) is 1. The van der Waals surface area contributed by atoms with Gasteiger partial charge in [0, 0.05) is 24.8 Å². The molecule has 4 aromatic rings. The fourth-order valence-corrected chi connectivity index (χ4v) is 3.77. The number of hydrogen-bond donors (Lipinski definition) is 3. The van der Waals surface area contributed by atoms with Crippen molar-refractivity contribution in [3.63, 3.8) is 0 Å². The number of carbonyl (C=O) groups is 2. The molecule has 18 heteroatoms. The van der Waals surface area contributed by atoms with Crippen molar-refractivity contribution < 1.29 is 54.7 Å². The summed E-state index contributed by atoms with van der Waals surface area (Å²) in [5.74, 6) is -4.45. The van der Waals surface area contributed by atoms with Crippen molar-refractivity contribution in [1.82, 2.24) is 14.9 Å². The summed E-state index contributed by atoms with van der Waals surface area (Å²) in [5.41, 5.74) is 4.82. The van der Waals surface area contributed by atoms with Crippen molar-refractivity contribution in [2.75, 3.05) is 42.3 Å². The molecule has 0 saturated carbocycles. The maximum absolute atomic E-state index is 14.8. The number of carboxylic acids is 1. The molecule has 5 rings (SSSR count). The second-order valence-corrected chi connectivity index (χ2v) is 8.59. The number of nitrogen functional groups attached to an aromatic ring is 1. The van der Waals surface area contributed by atoms with E-state index in [2.05, 4.69) is 15.6 Å². The average Bonchev–Trinajstić information content (AvgIpc) is 3.54. The largest absolute Gasteiger partial charge is 0.490 e. The van der Waals surface area contributed by atoms with E-state index in [1.54, 1.807) is 6.07 Å². The number of hydrogen-bond acceptors (Lipinski definition) is 8. The summed E-state index contributed by atoms with van der Waals surface area (Å²) in [4.78, 5) is 23.8. The number of nitrogens with zero attached hydrogens (tertiary/aromatic N) is 4. The summed E-state index contributed by atoms with van der Waals surface area (Å²) < 4.78 is 97.8. The highest BCUT2D eigenvalue weighted by Gasteiger charge is 2.38. The number of anilines is 3. The van der Waals surface area contributed by atoms with Gasteiger partial charge in [0.25, 0.3) is 5.91 Å². The Hall–Kier alpha value is -4.87. The van der Waals surface area contributed by atoms with Crippen molar-refractivity contribution in [2.45, 2.75) is 12.4 Å². The monoisotopic (exact) mass is 604 g/mol. The first kappa shape index (κ1) is 30.1. The summed E-state index contributed by atoms with van der Waals surface area (Å²) in [7, 11) is 0. The molecule has 0 radical (unpaired) electrons. The molecule has 1 aliphatic heterocycles. The first-order chi connectivity index (χ1) is 19.6. The first-order valence-corrected chi connectivity index (χ1v) is 11.7. The summed E-state index contributed by atoms with van der Waals surface area (Å²) >= 11 is 0. The van der Waals surface area contributed by atoms with E-state index in [4.69, 9.17) is 24.9 Å². The quantitative estimate of drug-likeness (QED) is 0.287. The number of fused-ring (bicyclic) bond motifs is 1. The van der Waals surface area contributed by atoms with Gasteiger partial charge >= 0.3 is 18.3 Å². The van der Waals surface area contributed by atoms with E-state index in [0.717, 1.165) is 4.68 Å². The molecule has 4 N–H and O–H groups in total. The number of alkyl halides is 6. The summed E-state index contributed by atoms with van der Waals surface area (Å²) in [6.07, 6.45) is -9.90. The Kier molecular flexibility index (Phi) is 8.28. The Morgan fingerprint density at radius 2 is 1.62 bits per heavy atom. The van der Waals surface area contributed by atoms with Crippen LogP contribution in [0.5, 0.6) is 0 Å². The highest BCUT2D eigenvalue weighted by Crippen LogP contribution is 2.31. The van der Waals surface area contributed by atoms with Crippen molar-refractivity contribution in [3.05, 3.63) is 59.7 Å². The van der Waals surface area contributed by atoms with E-state index in [-0.39, 0.29) is 17.2 Å². The number of aromatic nitrogens is 3. The smallest absolute Gasteiger partial charge is 0.475 e. The highest BCUT2D eigenvalue weighted by atomic mass is 19.4. The molecule has 1 fully saturated rings. The standard InChI is InChI=1S/C22H18F4N6O3.C2HF3O2/c23-15-10-12(31-5-7-34-8-6-31)1-3-16(15)28-21(33)17-11-19(22(24,25)26)29-32(17)13-2-4-18-14(9-13)20(27)30-35-18;3-2(4,5)1(6)7/h1-4,9-11H,5-8H2,(H2,27,30)(H,28,33);(H,6,7). The molecule has 1 amide bonds. The lowest BCUT2D eigenvalue weighted by Gasteiger charge is -2.29. The lowest BCUT2D eigenvalue weighted by atomic mass is 10.2. The maximum Gasteiger partial charge on any atom is 0.490 e. The number of carbonyl (C=O) groups excluding carboxylic acids is 1. The third-order valence-corrected chi connectivity index (χ3v) is 5.78. The molecule has 11 nitrogen and oxygen atoms in total. The van der Waals surface area contributed by atoms with Gasteiger partial charge in [-0.2, -0.15) is 31.4 Å². The molecule has 0 spiro atoms. The van der Waals surface area contributed by atoms with Crippen LogP contribution in [0, 0.1) is 5.82 Å². The van der Waals surface area contributed by atoms with E-state index in [0.29, 0.717) is 49.0 Å². The van der Waals surface area contributed by atoms with Crippen LogP contribution in [0.25, 0.3) is 16.7 Å². The minimum atomic E-state index is -5.08. The van der Waals surface area contributed by atoms with E-state index < -0.39 is 41.4 Å². The SMILES string of the molecule is Nc1noc2ccc(-n3nc(C(F)(F)F)cc3C(=O)Nc3ccc(N4CCOCC4)cc3F)cc12.O=C(O)C(F)(F)F. The number of nitrogens with one attached hydrogen (secondary N) is 1. The summed E-state index contributed by atoms with van der Waals surface area (Å²) in [6, 6.07) is 9.04. The molecule has 0 aliphatic carbocycles. The Morgan fingerprint density at radius 3 is 2.21 bits per heavy atom. The average molecular weight is 604 g/mol. The lowest BCUT2D eigenvalue weighted by Crippen LogP contribution is -2.36. The van der Waals surface area contributed by atoms with Gasteiger partial charge in [0.1, 0.15) is 11.5 Å². The van der Waals surface area contributed by atoms with Crippen molar-refractivity contribution in [1.29, 1.82) is 0 Å². The number of morpholine rings is 1. The number of halogens is 7. The fraction of sp³-hybridized carbons (Fsp3) is 0.250. The molecule has 42 heavy (non-hydrogen) atoms. The second-order valence-electron chi connectivity index (χ2n) is 8.59. The van der Waals surface area contributed by atoms with Crippen LogP contribution >= 0.6 is 0 Å². The number of carboxylic acid groups (broad SMARTS) is 1. The number of aliphatic carboxylic acids is 1. The Bertz CT molecular complexity index is 1610. The normalized spacial score (nSPS) is 13.9. The lowest BCUT2D eigenvalue weighted by molar-refractivity contribution is -0.192. The number of rotatable bonds is 4. The first-order valence-electron chi connectivity index (χ1n) is 11.7. The van der Waals surface area contributed by atoms with Gasteiger partial charge in [-0.05, 0) is 36.4 Å². The van der Waals surface area contributed by atoms with Gasteiger partial charge in [-0.3, -0.25) is 4.79 Å². The van der Waals surface area contributed by atoms with Gasteiger partial charge in [-0.25, -0.2) is 13.9 Å². The van der Waals surface area contributed by atoms with Crippen LogP contribution in [0.15, 0.2) is 47.0 Å². The van der Waals surface area contributed by atoms with Crippen LogP contribution in [-0.4, -0.2) is 64.4 Å². The van der Waals surface area contributed by atoms with E-state index in [9.17, 15) is 35.5 Å². The Morgan fingerprint density at radius 1 is 0.976 bits per heavy atom. The number of amides is 1. The summed E-state index contributed by atoms with van der Waals surface area (Å²) in [5, 5.41) is 17.0. The van der Waals surface area contributed by atoms with Gasteiger partial charge in [0.05, 0.1) is 30.0 Å². The fourth-order valence-electron chi connectivity index (χ4n) is 3.77. The zero-order valence-corrected chi connectivity index (χ0v) is 21.0. The van der Waals surface area contributed by atoms with Gasteiger partial charge in [0.2, 0.25) is 0 Å². The molecule has 3 heterocycles. The summed E-state index contributed by atoms with van der Waals surface area (Å²) in [6.45, 7) is 2.20. The van der Waals surface area contributed by atoms with E-state index >= 15 is 0 Å². The molecule has 0 bridgehead atoms. The van der Waals surface area contributed by atoms with Crippen LogP contribution in [0.2, 0.25) is 0 Å². The topological polar surface area (TPSA) is 149 Å². The molecule has 1 aliphatic rings. The van der Waals surface area contributed by atoms with Crippen molar-refractivity contribution in [3.8, 4) is 5.69 Å². The molecule has 0 atom stereocenters. The van der Waals surface area contributed by atoms with Crippen LogP contribution in [0.1, 0.15) is 16.2 Å². The Balaban J connectivity index is 0.000000517. The van der Waals surface area contributed by atoms with Crippen LogP contribution in [0.4, 0.5) is 47.9 Å². The molecule has 0 unspecified atom stereocenters. The third kappa shape index (κ3) is 6.70.